The van der Waals surface area contributed by atoms with E-state index in [-0.39, 0.29) is 42.9 Å². The zero-order chi connectivity index (χ0) is 28.6. The molecule has 0 atom stereocenters. The molecule has 0 fully saturated rings. The molecule has 0 saturated heterocycles. The Balaban J connectivity index is 1.14. The van der Waals surface area contributed by atoms with Gasteiger partial charge in [0.1, 0.15) is 31.0 Å². The Morgan fingerprint density at radius 2 is 1.56 bits per heavy atom. The highest BCUT2D eigenvalue weighted by Gasteiger charge is 2.12. The number of fused-ring (bicyclic) bond motifs is 1. The number of carbonyl (C=O) groups is 2. The number of anilines is 2. The fraction of sp³-hybridized carbons (Fsp3) is 0.167. The lowest BCUT2D eigenvalue weighted by Gasteiger charge is -2.11. The zero-order valence-electron chi connectivity index (χ0n) is 22.3. The van der Waals surface area contributed by atoms with Gasteiger partial charge in [-0.1, -0.05) is 43.3 Å². The van der Waals surface area contributed by atoms with E-state index in [0.717, 1.165) is 12.0 Å². The Labute approximate surface area is 235 Å². The molecule has 0 aliphatic carbocycles. The zero-order valence-corrected chi connectivity index (χ0v) is 22.3. The van der Waals surface area contributed by atoms with Gasteiger partial charge in [-0.3, -0.25) is 19.1 Å². The largest absolute Gasteiger partial charge is 0.487 e. The molecular formula is C30H28N6O5. The second-order valence-electron chi connectivity index (χ2n) is 9.07. The number of para-hydroxylation sites is 2. The van der Waals surface area contributed by atoms with Gasteiger partial charge in [0.05, 0.1) is 5.69 Å². The number of amides is 2. The molecule has 0 unspecified atom stereocenters. The van der Waals surface area contributed by atoms with Crippen molar-refractivity contribution in [2.75, 3.05) is 17.2 Å². The van der Waals surface area contributed by atoms with Crippen LogP contribution in [-0.2, 0) is 29.2 Å². The number of hydrogen-bond acceptors (Lipinski definition) is 7. The minimum Gasteiger partial charge on any atom is -0.487 e. The molecule has 0 saturated carbocycles. The smallest absolute Gasteiger partial charge is 0.274 e. The molecule has 11 nitrogen and oxygen atoms in total. The third-order valence-corrected chi connectivity index (χ3v) is 6.10. The molecule has 2 aromatic heterocycles. The summed E-state index contributed by atoms with van der Waals surface area (Å²) in [5.74, 6) is 0.802. The fourth-order valence-electron chi connectivity index (χ4n) is 4.13. The van der Waals surface area contributed by atoms with Gasteiger partial charge in [0, 0.05) is 17.4 Å². The minimum absolute atomic E-state index is 0.0312. The number of aryl methyl sites for hydroxylation is 1. The van der Waals surface area contributed by atoms with E-state index in [4.69, 9.17) is 9.47 Å². The van der Waals surface area contributed by atoms with Crippen LogP contribution < -0.4 is 25.7 Å². The van der Waals surface area contributed by atoms with Gasteiger partial charge >= 0.3 is 0 Å². The molecule has 41 heavy (non-hydrogen) atoms. The predicted octanol–water partition coefficient (Wildman–Crippen LogP) is 3.69. The molecule has 0 radical (unpaired) electrons. The van der Waals surface area contributed by atoms with Crippen LogP contribution in [0.4, 0.5) is 11.4 Å². The van der Waals surface area contributed by atoms with Crippen LogP contribution in [0.3, 0.4) is 0 Å². The number of benzene rings is 3. The quantitative estimate of drug-likeness (QED) is 0.256. The molecule has 5 rings (SSSR count). The maximum Gasteiger partial charge on any atom is 0.274 e. The van der Waals surface area contributed by atoms with Crippen molar-refractivity contribution < 1.29 is 19.1 Å². The van der Waals surface area contributed by atoms with E-state index in [1.807, 2.05) is 49.4 Å². The molecule has 3 aromatic carbocycles. The van der Waals surface area contributed by atoms with Crippen molar-refractivity contribution in [3.8, 4) is 11.5 Å². The first-order valence-corrected chi connectivity index (χ1v) is 13.0. The van der Waals surface area contributed by atoms with Gasteiger partial charge < -0.3 is 20.1 Å². The maximum atomic E-state index is 12.8. The Bertz CT molecular complexity index is 1710. The van der Waals surface area contributed by atoms with Gasteiger partial charge in [-0.2, -0.15) is 9.50 Å². The van der Waals surface area contributed by atoms with E-state index in [1.54, 1.807) is 36.4 Å². The van der Waals surface area contributed by atoms with Crippen molar-refractivity contribution in [3.05, 3.63) is 113 Å². The van der Waals surface area contributed by atoms with Gasteiger partial charge in [0.15, 0.2) is 6.61 Å². The van der Waals surface area contributed by atoms with Crippen LogP contribution in [0, 0.1) is 0 Å². The second kappa shape index (κ2) is 12.6. The highest BCUT2D eigenvalue weighted by Crippen LogP contribution is 2.19. The number of nitrogens with zero attached hydrogens (tertiary/aromatic N) is 4. The maximum absolute atomic E-state index is 12.8. The van der Waals surface area contributed by atoms with E-state index >= 15 is 0 Å². The first-order chi connectivity index (χ1) is 20.0. The van der Waals surface area contributed by atoms with Crippen molar-refractivity contribution in [1.29, 1.82) is 0 Å². The number of ether oxygens (including phenoxy) is 2. The highest BCUT2D eigenvalue weighted by molar-refractivity contribution is 5.92. The third-order valence-electron chi connectivity index (χ3n) is 6.10. The van der Waals surface area contributed by atoms with E-state index in [0.29, 0.717) is 28.6 Å². The van der Waals surface area contributed by atoms with Gasteiger partial charge in [-0.05, 0) is 54.4 Å². The third kappa shape index (κ3) is 6.95. The van der Waals surface area contributed by atoms with Crippen LogP contribution in [0.25, 0.3) is 5.78 Å². The molecule has 208 valence electrons. The number of nitrogens with one attached hydrogen (secondary N) is 2. The lowest BCUT2D eigenvalue weighted by molar-refractivity contribution is -0.118. The van der Waals surface area contributed by atoms with Crippen molar-refractivity contribution in [3.63, 3.8) is 0 Å². The summed E-state index contributed by atoms with van der Waals surface area (Å²) in [7, 11) is 0. The fourth-order valence-corrected chi connectivity index (χ4v) is 4.13. The molecular weight excluding hydrogens is 524 g/mol. The summed E-state index contributed by atoms with van der Waals surface area (Å²) < 4.78 is 14.1. The number of aromatic nitrogens is 4. The number of carbonyl (C=O) groups excluding carboxylic acids is 2. The Morgan fingerprint density at radius 1 is 0.854 bits per heavy atom. The SMILES string of the molecule is CCc1ccccc1OCC(=O)Nc1ccc(OCc2cc(=O)n3c(ncn3CC(=O)Nc3ccccc3)n2)cc1. The minimum atomic E-state index is -0.388. The summed E-state index contributed by atoms with van der Waals surface area (Å²) in [5, 5.41) is 5.57. The topological polar surface area (TPSA) is 129 Å². The van der Waals surface area contributed by atoms with E-state index in [2.05, 4.69) is 20.6 Å². The molecule has 0 aliphatic rings. The van der Waals surface area contributed by atoms with E-state index in [1.165, 1.54) is 21.6 Å². The van der Waals surface area contributed by atoms with Crippen LogP contribution in [0.5, 0.6) is 11.5 Å². The van der Waals surface area contributed by atoms with Crippen LogP contribution in [0.15, 0.2) is 96.1 Å². The predicted molar refractivity (Wildman–Crippen MR) is 153 cm³/mol. The molecule has 5 aromatic rings. The normalized spacial score (nSPS) is 10.8. The number of hydrogen-bond donors (Lipinski definition) is 2. The van der Waals surface area contributed by atoms with Gasteiger partial charge in [0.25, 0.3) is 17.2 Å². The molecule has 0 bridgehead atoms. The van der Waals surface area contributed by atoms with Crippen molar-refractivity contribution in [1.82, 2.24) is 19.2 Å². The second-order valence-corrected chi connectivity index (χ2v) is 9.07. The van der Waals surface area contributed by atoms with Crippen LogP contribution in [-0.4, -0.2) is 37.6 Å². The lowest BCUT2D eigenvalue weighted by atomic mass is 10.1. The lowest BCUT2D eigenvalue weighted by Crippen LogP contribution is -2.26. The average Bonchev–Trinajstić information content (AvgIpc) is 3.39. The van der Waals surface area contributed by atoms with Gasteiger partial charge in [-0.25, -0.2) is 4.98 Å². The van der Waals surface area contributed by atoms with Crippen molar-refractivity contribution >= 4 is 29.0 Å². The highest BCUT2D eigenvalue weighted by atomic mass is 16.5. The Morgan fingerprint density at radius 3 is 2.34 bits per heavy atom. The summed E-state index contributed by atoms with van der Waals surface area (Å²) >= 11 is 0. The van der Waals surface area contributed by atoms with Crippen LogP contribution >= 0.6 is 0 Å². The molecule has 11 heteroatoms. The molecule has 2 amide bonds. The van der Waals surface area contributed by atoms with E-state index in [9.17, 15) is 14.4 Å². The average molecular weight is 553 g/mol. The van der Waals surface area contributed by atoms with Crippen LogP contribution in [0.1, 0.15) is 18.2 Å². The van der Waals surface area contributed by atoms with E-state index < -0.39 is 0 Å². The van der Waals surface area contributed by atoms with Gasteiger partial charge in [0.2, 0.25) is 5.91 Å². The van der Waals surface area contributed by atoms with Crippen molar-refractivity contribution in [2.45, 2.75) is 26.5 Å². The summed E-state index contributed by atoms with van der Waals surface area (Å²) in [6.07, 6.45) is 2.20. The Hall–Kier alpha value is -5.45. The standard InChI is InChI=1S/C30H28N6O5/c1-2-21-8-6-7-11-26(21)41-19-28(38)33-23-12-14-25(15-13-23)40-18-24-16-29(39)36-30(34-24)31-20-35(36)17-27(37)32-22-9-4-3-5-10-22/h3-16,20H,2,17-19H2,1H3,(H,32,37)(H,33,38). The molecule has 2 N–H and O–H groups in total. The summed E-state index contributed by atoms with van der Waals surface area (Å²) in [6.45, 7) is 1.85. The van der Waals surface area contributed by atoms with Gasteiger partial charge in [-0.15, -0.1) is 0 Å². The summed E-state index contributed by atoms with van der Waals surface area (Å²) in [4.78, 5) is 46.1. The molecule has 0 spiro atoms. The summed E-state index contributed by atoms with van der Waals surface area (Å²) in [5.41, 5.74) is 2.29. The molecule has 2 heterocycles. The monoisotopic (exact) mass is 552 g/mol. The van der Waals surface area contributed by atoms with Crippen LogP contribution in [0.2, 0.25) is 0 Å². The first kappa shape index (κ1) is 27.1. The Kier molecular flexibility index (Phi) is 8.34. The first-order valence-electron chi connectivity index (χ1n) is 13.0. The summed E-state index contributed by atoms with van der Waals surface area (Å²) in [6, 6.07) is 24.8. The molecule has 0 aliphatic heterocycles. The number of rotatable bonds is 11. The van der Waals surface area contributed by atoms with Crippen molar-refractivity contribution in [2.24, 2.45) is 0 Å².